The highest BCUT2D eigenvalue weighted by atomic mass is 79.9. The summed E-state index contributed by atoms with van der Waals surface area (Å²) in [6.45, 7) is 0. The van der Waals surface area contributed by atoms with Gasteiger partial charge < -0.3 is 4.52 Å². The monoisotopic (exact) mass is 292 g/mol. The van der Waals surface area contributed by atoms with E-state index >= 15 is 0 Å². The fourth-order valence-corrected chi connectivity index (χ4v) is 1.50. The van der Waals surface area contributed by atoms with Gasteiger partial charge in [-0.2, -0.15) is 4.98 Å². The second kappa shape index (κ2) is 3.88. The first-order valence-electron chi connectivity index (χ1n) is 3.61. The molecule has 2 rings (SSSR count). The van der Waals surface area contributed by atoms with Crippen LogP contribution in [0.3, 0.4) is 0 Å². The highest BCUT2D eigenvalue weighted by Gasteiger charge is 2.07. The Kier molecular flexibility index (Phi) is 2.76. The standard InChI is InChI=1S/C8H3BrCl2N2O/c9-5-2-1-4(3-6(5)10)7-12-8(11)14-13-7/h1-3H. The molecule has 0 amide bonds. The van der Waals surface area contributed by atoms with Gasteiger partial charge in [-0.25, -0.2) is 0 Å². The van der Waals surface area contributed by atoms with E-state index in [0.717, 1.165) is 10.0 Å². The lowest BCUT2D eigenvalue weighted by atomic mass is 10.2. The maximum Gasteiger partial charge on any atom is 0.320 e. The second-order valence-corrected chi connectivity index (χ2v) is 4.08. The van der Waals surface area contributed by atoms with Gasteiger partial charge in [0.2, 0.25) is 5.82 Å². The van der Waals surface area contributed by atoms with Crippen LogP contribution in [0.1, 0.15) is 0 Å². The Morgan fingerprint density at radius 2 is 2.07 bits per heavy atom. The van der Waals surface area contributed by atoms with Crippen molar-refractivity contribution < 1.29 is 4.52 Å². The third kappa shape index (κ3) is 1.92. The third-order valence-electron chi connectivity index (χ3n) is 1.58. The van der Waals surface area contributed by atoms with Gasteiger partial charge in [0.1, 0.15) is 0 Å². The van der Waals surface area contributed by atoms with E-state index in [1.165, 1.54) is 0 Å². The molecule has 0 bridgehead atoms. The molecule has 0 unspecified atom stereocenters. The van der Waals surface area contributed by atoms with Crippen LogP contribution in [-0.2, 0) is 0 Å². The molecule has 0 radical (unpaired) electrons. The molecule has 72 valence electrons. The molecule has 0 spiro atoms. The maximum atomic E-state index is 5.90. The molecule has 0 aliphatic carbocycles. The average molecular weight is 294 g/mol. The molecule has 1 heterocycles. The van der Waals surface area contributed by atoms with Crippen LogP contribution in [0.2, 0.25) is 10.4 Å². The van der Waals surface area contributed by atoms with Crippen LogP contribution in [0.15, 0.2) is 27.2 Å². The second-order valence-electron chi connectivity index (χ2n) is 2.50. The van der Waals surface area contributed by atoms with E-state index in [-0.39, 0.29) is 5.35 Å². The summed E-state index contributed by atoms with van der Waals surface area (Å²) < 4.78 is 5.46. The van der Waals surface area contributed by atoms with Crippen LogP contribution >= 0.6 is 39.1 Å². The van der Waals surface area contributed by atoms with Crippen LogP contribution < -0.4 is 0 Å². The minimum atomic E-state index is 0.0130. The molecule has 0 N–H and O–H groups in total. The number of nitrogens with zero attached hydrogens (tertiary/aromatic N) is 2. The van der Waals surface area contributed by atoms with E-state index in [9.17, 15) is 0 Å². The molecule has 3 nitrogen and oxygen atoms in total. The zero-order valence-electron chi connectivity index (χ0n) is 6.67. The molecule has 2 aromatic rings. The SMILES string of the molecule is Clc1nc(-c2ccc(Br)c(Cl)c2)no1. The topological polar surface area (TPSA) is 38.9 Å². The molecular weight excluding hydrogens is 291 g/mol. The Morgan fingerprint density at radius 1 is 1.29 bits per heavy atom. The Hall–Kier alpha value is -0.580. The van der Waals surface area contributed by atoms with Crippen LogP contribution in [-0.4, -0.2) is 10.1 Å². The number of hydrogen-bond acceptors (Lipinski definition) is 3. The smallest absolute Gasteiger partial charge is 0.320 e. The molecule has 14 heavy (non-hydrogen) atoms. The van der Waals surface area contributed by atoms with Gasteiger partial charge in [0.15, 0.2) is 0 Å². The zero-order valence-corrected chi connectivity index (χ0v) is 9.77. The van der Waals surface area contributed by atoms with E-state index in [0.29, 0.717) is 10.8 Å². The van der Waals surface area contributed by atoms with Crippen molar-refractivity contribution in [3.05, 3.63) is 33.0 Å². The Bertz CT molecular complexity index is 472. The third-order valence-corrected chi connectivity index (χ3v) is 2.97. The first-order valence-corrected chi connectivity index (χ1v) is 5.16. The summed E-state index contributed by atoms with van der Waals surface area (Å²) >= 11 is 14.7. The zero-order chi connectivity index (χ0) is 10.1. The van der Waals surface area contributed by atoms with Crippen molar-refractivity contribution in [2.75, 3.05) is 0 Å². The van der Waals surface area contributed by atoms with Gasteiger partial charge in [-0.05, 0) is 45.7 Å². The molecule has 1 aromatic heterocycles. The van der Waals surface area contributed by atoms with Crippen molar-refractivity contribution >= 4 is 39.1 Å². The van der Waals surface area contributed by atoms with Gasteiger partial charge >= 0.3 is 5.35 Å². The van der Waals surface area contributed by atoms with Crippen molar-refractivity contribution in [2.45, 2.75) is 0 Å². The lowest BCUT2D eigenvalue weighted by molar-refractivity contribution is 0.421. The lowest BCUT2D eigenvalue weighted by Crippen LogP contribution is -1.80. The summed E-state index contributed by atoms with van der Waals surface area (Å²) in [5.41, 5.74) is 0.758. The number of benzene rings is 1. The lowest BCUT2D eigenvalue weighted by Gasteiger charge is -1.97. The molecule has 0 aliphatic heterocycles. The normalized spacial score (nSPS) is 10.5. The van der Waals surface area contributed by atoms with Crippen molar-refractivity contribution in [1.82, 2.24) is 10.1 Å². The van der Waals surface area contributed by atoms with Crippen molar-refractivity contribution in [2.24, 2.45) is 0 Å². The Labute approximate surface area is 98.1 Å². The van der Waals surface area contributed by atoms with Gasteiger partial charge in [0, 0.05) is 10.0 Å². The number of rotatable bonds is 1. The minimum absolute atomic E-state index is 0.0130. The van der Waals surface area contributed by atoms with Crippen LogP contribution in [0.5, 0.6) is 0 Å². The average Bonchev–Trinajstić information content (AvgIpc) is 2.57. The van der Waals surface area contributed by atoms with Gasteiger partial charge in [-0.1, -0.05) is 16.8 Å². The highest BCUT2D eigenvalue weighted by Crippen LogP contribution is 2.27. The molecule has 6 heteroatoms. The van der Waals surface area contributed by atoms with E-state index in [2.05, 4.69) is 30.6 Å². The fourth-order valence-electron chi connectivity index (χ4n) is 0.957. The summed E-state index contributed by atoms with van der Waals surface area (Å²) in [4.78, 5) is 3.87. The van der Waals surface area contributed by atoms with Gasteiger partial charge in [0.05, 0.1) is 5.02 Å². The summed E-state index contributed by atoms with van der Waals surface area (Å²) in [5, 5.41) is 4.26. The van der Waals surface area contributed by atoms with Crippen LogP contribution in [0, 0.1) is 0 Å². The Morgan fingerprint density at radius 3 is 2.64 bits per heavy atom. The summed E-state index contributed by atoms with van der Waals surface area (Å²) in [7, 11) is 0. The summed E-state index contributed by atoms with van der Waals surface area (Å²) in [6, 6.07) is 5.35. The van der Waals surface area contributed by atoms with Crippen molar-refractivity contribution in [3.63, 3.8) is 0 Å². The number of aromatic nitrogens is 2. The largest absolute Gasteiger partial charge is 0.321 e. The molecule has 0 atom stereocenters. The van der Waals surface area contributed by atoms with E-state index in [4.69, 9.17) is 23.2 Å². The van der Waals surface area contributed by atoms with Crippen molar-refractivity contribution in [3.8, 4) is 11.4 Å². The maximum absolute atomic E-state index is 5.90. The molecule has 0 fully saturated rings. The van der Waals surface area contributed by atoms with E-state index in [1.54, 1.807) is 6.07 Å². The molecule has 0 aliphatic rings. The number of halogens is 3. The molecule has 1 aromatic carbocycles. The molecular formula is C8H3BrCl2N2O. The molecule has 0 saturated heterocycles. The quantitative estimate of drug-likeness (QED) is 0.802. The fraction of sp³-hybridized carbons (Fsp3) is 0. The van der Waals surface area contributed by atoms with Crippen molar-refractivity contribution in [1.29, 1.82) is 0 Å². The van der Waals surface area contributed by atoms with Crippen LogP contribution in [0.4, 0.5) is 0 Å². The summed E-state index contributed by atoms with van der Waals surface area (Å²) in [6.07, 6.45) is 0. The van der Waals surface area contributed by atoms with Crippen LogP contribution in [0.25, 0.3) is 11.4 Å². The molecule has 0 saturated carbocycles. The van der Waals surface area contributed by atoms with E-state index in [1.807, 2.05) is 12.1 Å². The minimum Gasteiger partial charge on any atom is -0.321 e. The Balaban J connectivity index is 2.47. The predicted molar refractivity (Wildman–Crippen MR) is 57.5 cm³/mol. The first kappa shape index (κ1) is 9.96. The van der Waals surface area contributed by atoms with Gasteiger partial charge in [-0.3, -0.25) is 0 Å². The first-order chi connectivity index (χ1) is 6.66. The van der Waals surface area contributed by atoms with Gasteiger partial charge in [0.25, 0.3) is 0 Å². The van der Waals surface area contributed by atoms with E-state index < -0.39 is 0 Å². The highest BCUT2D eigenvalue weighted by molar-refractivity contribution is 9.10. The number of hydrogen-bond donors (Lipinski definition) is 0. The predicted octanol–water partition coefficient (Wildman–Crippen LogP) is 3.81. The van der Waals surface area contributed by atoms with Gasteiger partial charge in [-0.15, -0.1) is 0 Å². The summed E-state index contributed by atoms with van der Waals surface area (Å²) in [5.74, 6) is 0.421.